The van der Waals surface area contributed by atoms with Crippen LogP contribution in [-0.2, 0) is 6.54 Å². The van der Waals surface area contributed by atoms with Crippen LogP contribution in [0.15, 0.2) is 48.4 Å². The molecule has 3 heteroatoms. The van der Waals surface area contributed by atoms with Gasteiger partial charge in [-0.15, -0.1) is 0 Å². The lowest BCUT2D eigenvalue weighted by molar-refractivity contribution is 0.704. The monoisotopic (exact) mass is 230 g/mol. The van der Waals surface area contributed by atoms with E-state index in [0.29, 0.717) is 17.8 Å². The Morgan fingerprint density at radius 3 is 2.59 bits per heavy atom. The summed E-state index contributed by atoms with van der Waals surface area (Å²) in [6, 6.07) is 9.95. The van der Waals surface area contributed by atoms with Crippen LogP contribution in [0.1, 0.15) is 25.1 Å². The van der Waals surface area contributed by atoms with Crippen LogP contribution in [0.4, 0.5) is 4.39 Å². The Kier molecular flexibility index (Phi) is 3.38. The highest BCUT2D eigenvalue weighted by Gasteiger charge is 2.09. The van der Waals surface area contributed by atoms with E-state index < -0.39 is 0 Å². The van der Waals surface area contributed by atoms with Gasteiger partial charge < -0.3 is 4.57 Å². The molecular weight excluding hydrogens is 215 g/mol. The van der Waals surface area contributed by atoms with E-state index in [0.717, 1.165) is 5.56 Å². The van der Waals surface area contributed by atoms with E-state index in [1.165, 1.54) is 0 Å². The molecule has 0 saturated carbocycles. The van der Waals surface area contributed by atoms with Gasteiger partial charge in [0.25, 0.3) is 0 Å². The van der Waals surface area contributed by atoms with Gasteiger partial charge in [-0.2, -0.15) is 0 Å². The van der Waals surface area contributed by atoms with Gasteiger partial charge in [0.1, 0.15) is 5.83 Å². The normalized spacial score (nSPS) is 10.3. The molecule has 2 aromatic rings. The molecule has 17 heavy (non-hydrogen) atoms. The fraction of sp³-hybridized carbons (Fsp3) is 0.214. The summed E-state index contributed by atoms with van der Waals surface area (Å²) >= 11 is 0. The Hall–Kier alpha value is -1.90. The summed E-state index contributed by atoms with van der Waals surface area (Å²) < 4.78 is 15.7. The van der Waals surface area contributed by atoms with Crippen molar-refractivity contribution in [2.75, 3.05) is 0 Å². The van der Waals surface area contributed by atoms with Crippen molar-refractivity contribution in [3.05, 3.63) is 59.7 Å². The van der Waals surface area contributed by atoms with Crippen LogP contribution < -0.4 is 0 Å². The van der Waals surface area contributed by atoms with Gasteiger partial charge in [0.05, 0.1) is 18.2 Å². The molecule has 0 fully saturated rings. The summed E-state index contributed by atoms with van der Waals surface area (Å²) in [5, 5.41) is 0. The Labute approximate surface area is 100 Å². The largest absolute Gasteiger partial charge is 0.324 e. The fourth-order valence-electron chi connectivity index (χ4n) is 1.67. The third-order valence-electron chi connectivity index (χ3n) is 2.57. The molecule has 1 aromatic carbocycles. The second-order valence-electron chi connectivity index (χ2n) is 4.21. The lowest BCUT2D eigenvalue weighted by Gasteiger charge is -2.07. The van der Waals surface area contributed by atoms with E-state index in [-0.39, 0.29) is 5.83 Å². The number of allylic oxidation sites excluding steroid dienone is 1. The van der Waals surface area contributed by atoms with Crippen molar-refractivity contribution in [3.63, 3.8) is 0 Å². The number of aromatic nitrogens is 2. The van der Waals surface area contributed by atoms with Gasteiger partial charge in [-0.25, -0.2) is 9.37 Å². The number of hydrogen-bond acceptors (Lipinski definition) is 1. The van der Waals surface area contributed by atoms with Crippen molar-refractivity contribution >= 4 is 5.83 Å². The zero-order chi connectivity index (χ0) is 12.3. The van der Waals surface area contributed by atoms with Crippen molar-refractivity contribution in [2.24, 2.45) is 0 Å². The minimum atomic E-state index is -0.196. The molecule has 0 spiro atoms. The average molecular weight is 230 g/mol. The van der Waals surface area contributed by atoms with Gasteiger partial charge in [0.15, 0.2) is 0 Å². The van der Waals surface area contributed by atoms with Crippen LogP contribution in [0.2, 0.25) is 0 Å². The van der Waals surface area contributed by atoms with Crippen LogP contribution >= 0.6 is 0 Å². The maximum atomic E-state index is 13.9. The maximum absolute atomic E-state index is 13.9. The predicted octanol–water partition coefficient (Wildman–Crippen LogP) is 3.65. The minimum Gasteiger partial charge on any atom is -0.324 e. The molecule has 0 radical (unpaired) electrons. The highest BCUT2D eigenvalue weighted by molar-refractivity contribution is 5.58. The number of rotatable bonds is 3. The Bertz CT molecular complexity index is 522. The first kappa shape index (κ1) is 11.6. The predicted molar refractivity (Wildman–Crippen MR) is 67.1 cm³/mol. The van der Waals surface area contributed by atoms with E-state index in [4.69, 9.17) is 0 Å². The summed E-state index contributed by atoms with van der Waals surface area (Å²) in [7, 11) is 0. The second kappa shape index (κ2) is 4.95. The number of halogens is 1. The molecule has 0 aliphatic heterocycles. The fourth-order valence-corrected chi connectivity index (χ4v) is 1.67. The van der Waals surface area contributed by atoms with Gasteiger partial charge in [-0.3, -0.25) is 0 Å². The minimum absolute atomic E-state index is 0.196. The number of benzene rings is 1. The van der Waals surface area contributed by atoms with E-state index in [1.54, 1.807) is 26.4 Å². The summed E-state index contributed by atoms with van der Waals surface area (Å²) in [5.74, 6) is -0.196. The lowest BCUT2D eigenvalue weighted by atomic mass is 10.2. The Balaban J connectivity index is 2.30. The van der Waals surface area contributed by atoms with Gasteiger partial charge in [0.2, 0.25) is 0 Å². The number of nitrogens with zero attached hydrogens (tertiary/aromatic N) is 2. The number of hydrogen-bond donors (Lipinski definition) is 0. The highest BCUT2D eigenvalue weighted by atomic mass is 19.1. The van der Waals surface area contributed by atoms with E-state index in [1.807, 2.05) is 34.9 Å². The first-order valence-electron chi connectivity index (χ1n) is 5.56. The standard InChI is InChI=1S/C14H15FN2/c1-11(2)14(15)13-8-16-10-17(13)9-12-6-4-3-5-7-12/h3-8,10H,9H2,1-2H3. The van der Waals surface area contributed by atoms with Crippen LogP contribution in [-0.4, -0.2) is 9.55 Å². The van der Waals surface area contributed by atoms with Crippen LogP contribution in [0.5, 0.6) is 0 Å². The molecule has 0 saturated heterocycles. The van der Waals surface area contributed by atoms with Crippen molar-refractivity contribution in [2.45, 2.75) is 20.4 Å². The molecule has 1 heterocycles. The third-order valence-corrected chi connectivity index (χ3v) is 2.57. The molecule has 0 aliphatic rings. The summed E-state index contributed by atoms with van der Waals surface area (Å²) in [4.78, 5) is 4.01. The molecule has 1 aromatic heterocycles. The zero-order valence-electron chi connectivity index (χ0n) is 10.0. The van der Waals surface area contributed by atoms with E-state index in [9.17, 15) is 4.39 Å². The van der Waals surface area contributed by atoms with Crippen molar-refractivity contribution < 1.29 is 4.39 Å². The molecule has 2 nitrogen and oxygen atoms in total. The van der Waals surface area contributed by atoms with Crippen molar-refractivity contribution in [1.29, 1.82) is 0 Å². The van der Waals surface area contributed by atoms with Crippen LogP contribution in [0.3, 0.4) is 0 Å². The Morgan fingerprint density at radius 2 is 1.94 bits per heavy atom. The Morgan fingerprint density at radius 1 is 1.24 bits per heavy atom. The van der Waals surface area contributed by atoms with Gasteiger partial charge in [-0.05, 0) is 25.0 Å². The summed E-state index contributed by atoms with van der Waals surface area (Å²) in [6.45, 7) is 4.15. The first-order chi connectivity index (χ1) is 8.18. The highest BCUT2D eigenvalue weighted by Crippen LogP contribution is 2.20. The second-order valence-corrected chi connectivity index (χ2v) is 4.21. The molecule has 0 bridgehead atoms. The van der Waals surface area contributed by atoms with Crippen molar-refractivity contribution in [1.82, 2.24) is 9.55 Å². The summed E-state index contributed by atoms with van der Waals surface area (Å²) in [6.07, 6.45) is 3.22. The molecule has 0 N–H and O–H groups in total. The average Bonchev–Trinajstić information content (AvgIpc) is 2.77. The summed E-state index contributed by atoms with van der Waals surface area (Å²) in [5.41, 5.74) is 2.34. The zero-order valence-corrected chi connectivity index (χ0v) is 10.0. The maximum Gasteiger partial charge on any atom is 0.147 e. The van der Waals surface area contributed by atoms with Gasteiger partial charge in [0, 0.05) is 6.54 Å². The SMILES string of the molecule is CC(C)=C(F)c1cncn1Cc1ccccc1. The molecule has 0 unspecified atom stereocenters. The topological polar surface area (TPSA) is 17.8 Å². The van der Waals surface area contributed by atoms with E-state index >= 15 is 0 Å². The molecule has 0 amide bonds. The van der Waals surface area contributed by atoms with Crippen LogP contribution in [0, 0.1) is 0 Å². The molecule has 0 atom stereocenters. The lowest BCUT2D eigenvalue weighted by Crippen LogP contribution is -2.01. The van der Waals surface area contributed by atoms with E-state index in [2.05, 4.69) is 4.98 Å². The molecule has 2 rings (SSSR count). The molecule has 0 aliphatic carbocycles. The quantitative estimate of drug-likeness (QED) is 0.787. The smallest absolute Gasteiger partial charge is 0.147 e. The van der Waals surface area contributed by atoms with Gasteiger partial charge >= 0.3 is 0 Å². The van der Waals surface area contributed by atoms with Gasteiger partial charge in [-0.1, -0.05) is 30.3 Å². The first-order valence-corrected chi connectivity index (χ1v) is 5.56. The van der Waals surface area contributed by atoms with Crippen molar-refractivity contribution in [3.8, 4) is 0 Å². The number of imidazole rings is 1. The van der Waals surface area contributed by atoms with Crippen LogP contribution in [0.25, 0.3) is 5.83 Å². The third kappa shape index (κ3) is 2.61. The molecule has 88 valence electrons. The molecular formula is C14H15FN2.